The van der Waals surface area contributed by atoms with Crippen molar-refractivity contribution in [2.45, 2.75) is 60.3 Å². The third kappa shape index (κ3) is 12.1. The molecule has 0 saturated heterocycles. The minimum Gasteiger partial charge on any atom is -0.481 e. The van der Waals surface area contributed by atoms with Crippen molar-refractivity contribution in [1.82, 2.24) is 5.32 Å². The van der Waals surface area contributed by atoms with Crippen molar-refractivity contribution in [3.63, 3.8) is 0 Å². The van der Waals surface area contributed by atoms with Gasteiger partial charge in [0.05, 0.1) is 40.5 Å². The summed E-state index contributed by atoms with van der Waals surface area (Å²) in [6, 6.07) is 10.5. The van der Waals surface area contributed by atoms with E-state index < -0.39 is 44.2 Å². The molecule has 55 heavy (non-hydrogen) atoms. The molecular weight excluding hydrogens is 811 g/mol. The quantitative estimate of drug-likeness (QED) is 0.0301. The molecule has 5 rings (SSSR count). The van der Waals surface area contributed by atoms with E-state index >= 15 is 0 Å². The summed E-state index contributed by atoms with van der Waals surface area (Å²) < 4.78 is 64.0. The average molecular weight is 851 g/mol. The van der Waals surface area contributed by atoms with Crippen molar-refractivity contribution < 1.29 is 54.7 Å². The predicted octanol–water partition coefficient (Wildman–Crippen LogP) is 5.71. The summed E-state index contributed by atoms with van der Waals surface area (Å²) in [5, 5.41) is 12.7. The molecule has 3 aromatic rings. The number of thiazole rings is 1. The molecule has 2 amide bonds. The molecule has 294 valence electrons. The molecule has 1 unspecified atom stereocenters. The van der Waals surface area contributed by atoms with E-state index in [1.165, 1.54) is 30.2 Å². The van der Waals surface area contributed by atoms with Crippen LogP contribution in [-0.2, 0) is 50.1 Å². The van der Waals surface area contributed by atoms with Gasteiger partial charge in [0.25, 0.3) is 21.0 Å². The number of hydrogen-bond donors (Lipinski definition) is 3. The van der Waals surface area contributed by atoms with Gasteiger partial charge in [-0.3, -0.25) is 24.3 Å². The molecule has 0 saturated carbocycles. The zero-order valence-electron chi connectivity index (χ0n) is 30.1. The van der Waals surface area contributed by atoms with Gasteiger partial charge in [0, 0.05) is 34.7 Å². The molecule has 19 heteroatoms. The maximum Gasteiger partial charge on any atom is 0.312 e. The number of benzene rings is 2. The van der Waals surface area contributed by atoms with Gasteiger partial charge in [-0.25, -0.2) is 13.3 Å². The number of rotatable bonds is 16. The van der Waals surface area contributed by atoms with Crippen LogP contribution in [-0.4, -0.2) is 69.9 Å². The first kappa shape index (κ1) is 42.3. The van der Waals surface area contributed by atoms with Crippen molar-refractivity contribution in [2.24, 2.45) is 5.92 Å². The molecule has 2 heterocycles. The van der Waals surface area contributed by atoms with Gasteiger partial charge in [-0.2, -0.15) is 17.3 Å². The number of carboxylic acid groups (broad SMARTS) is 1. The molecule has 2 aliphatic rings. The summed E-state index contributed by atoms with van der Waals surface area (Å²) >= 11 is 3.94. The van der Waals surface area contributed by atoms with Crippen LogP contribution in [0.25, 0.3) is 16.3 Å². The number of fused-ring (bicyclic) bond motifs is 2. The van der Waals surface area contributed by atoms with Gasteiger partial charge in [-0.1, -0.05) is 48.3 Å². The number of amides is 2. The summed E-state index contributed by atoms with van der Waals surface area (Å²) in [6.45, 7) is 2.32. The van der Waals surface area contributed by atoms with Crippen molar-refractivity contribution in [2.75, 3.05) is 30.6 Å². The molecule has 14 nitrogen and oxygen atoms in total. The number of carbonyl (C=O) groups is 3. The Kier molecular flexibility index (Phi) is 14.2. The number of nitrogens with one attached hydrogen (secondary N) is 1. The monoisotopic (exact) mass is 850 g/mol. The van der Waals surface area contributed by atoms with Crippen LogP contribution >= 0.6 is 35.1 Å². The fourth-order valence-corrected chi connectivity index (χ4v) is 9.92. The number of carbonyl (C=O) groups excluding carboxylic acids is 2. The van der Waals surface area contributed by atoms with E-state index in [0.29, 0.717) is 29.1 Å². The second kappa shape index (κ2) is 18.4. The number of imide groups is 1. The highest BCUT2D eigenvalue weighted by molar-refractivity contribution is 8.03. The predicted molar refractivity (Wildman–Crippen MR) is 211 cm³/mol. The van der Waals surface area contributed by atoms with Gasteiger partial charge in [0.15, 0.2) is 9.84 Å². The summed E-state index contributed by atoms with van der Waals surface area (Å²) in [6.07, 6.45) is 12.6. The first-order valence-electron chi connectivity index (χ1n) is 16.9. The molecule has 1 aliphatic heterocycles. The maximum atomic E-state index is 12.9. The Morgan fingerprint density at radius 1 is 1.09 bits per heavy atom. The molecule has 0 fully saturated rings. The van der Waals surface area contributed by atoms with E-state index in [2.05, 4.69) is 18.3 Å². The number of aromatic nitrogens is 1. The zero-order valence-corrected chi connectivity index (χ0v) is 34.2. The van der Waals surface area contributed by atoms with E-state index in [1.54, 1.807) is 22.8 Å². The van der Waals surface area contributed by atoms with Crippen LogP contribution in [0.1, 0.15) is 44.0 Å². The molecule has 1 aliphatic carbocycles. The number of thioether (sulfide) groups is 1. The van der Waals surface area contributed by atoms with E-state index in [9.17, 15) is 35.8 Å². The number of hydrogen-bond acceptors (Lipinski definition) is 13. The molecule has 1 aromatic heterocycles. The molecule has 0 radical (unpaired) electrons. The lowest BCUT2D eigenvalue weighted by atomic mass is 9.86. The van der Waals surface area contributed by atoms with E-state index in [1.807, 2.05) is 47.4 Å². The maximum absolute atomic E-state index is 12.9. The third-order valence-electron chi connectivity index (χ3n) is 8.35. The standard InChI is InChI=1S/C36H39N3O11S5/c1-23-15-24(7-6-8-34-38(13-4-5-14-55(46,47)48)29-20-27(54(3,44)45)10-12-31(29)51-34)17-25(16-23)18-35-39(22-33(41)37-32(40)21-36(42)43)28-19-26(53-50-49-2)9-11-30(28)52-35/h6-12,17-20,23H,4-5,13-16,21-22H2,1-3H3,(H2-,37,40,41,42,43,46,47,48)/p+1. The molecule has 1 atom stereocenters. The summed E-state index contributed by atoms with van der Waals surface area (Å²) in [5.74, 6) is -2.98. The highest BCUT2D eigenvalue weighted by Crippen LogP contribution is 2.47. The van der Waals surface area contributed by atoms with Crippen LogP contribution in [0.5, 0.6) is 0 Å². The van der Waals surface area contributed by atoms with Gasteiger partial charge >= 0.3 is 5.97 Å². The third-order valence-corrected chi connectivity index (χ3v) is 13.2. The van der Waals surface area contributed by atoms with Gasteiger partial charge in [-0.05, 0) is 79.2 Å². The second-order valence-corrected chi connectivity index (χ2v) is 19.5. The van der Waals surface area contributed by atoms with E-state index in [-0.39, 0.29) is 29.5 Å². The van der Waals surface area contributed by atoms with E-state index in [0.717, 1.165) is 61.9 Å². The van der Waals surface area contributed by atoms with Gasteiger partial charge in [0.2, 0.25) is 18.0 Å². The van der Waals surface area contributed by atoms with E-state index in [4.69, 9.17) is 14.3 Å². The van der Waals surface area contributed by atoms with Gasteiger partial charge < -0.3 is 10.0 Å². The fraction of sp³-hybridized carbons (Fsp3) is 0.333. The Bertz CT molecular complexity index is 2330. The van der Waals surface area contributed by atoms with Crippen molar-refractivity contribution >= 4 is 94.9 Å². The highest BCUT2D eigenvalue weighted by Gasteiger charge is 2.28. The number of nitrogens with zero attached hydrogens (tertiary/aromatic N) is 2. The number of unbranched alkanes of at least 4 members (excludes halogenated alkanes) is 1. The van der Waals surface area contributed by atoms with Crippen LogP contribution in [0, 0.1) is 5.92 Å². The number of allylic oxidation sites excluding steroid dienone is 6. The zero-order chi connectivity index (χ0) is 39.9. The van der Waals surface area contributed by atoms with Crippen LogP contribution in [0.2, 0.25) is 0 Å². The molecule has 0 bridgehead atoms. The molecule has 3 N–H and O–H groups in total. The first-order chi connectivity index (χ1) is 26.0. The first-order valence-corrected chi connectivity index (χ1v) is 22.8. The topological polar surface area (TPSA) is 198 Å². The highest BCUT2D eigenvalue weighted by atomic mass is 32.2. The Hall–Kier alpha value is -3.82. The number of carboxylic acids is 1. The minimum absolute atomic E-state index is 0.180. The van der Waals surface area contributed by atoms with Crippen LogP contribution in [0.4, 0.5) is 5.69 Å². The fourth-order valence-electron chi connectivity index (χ4n) is 6.08. The molecule has 0 spiro atoms. The number of sulfone groups is 1. The minimum atomic E-state index is -4.10. The smallest absolute Gasteiger partial charge is 0.312 e. The largest absolute Gasteiger partial charge is 0.481 e. The lowest BCUT2D eigenvalue weighted by Gasteiger charge is -2.21. The lowest BCUT2D eigenvalue weighted by molar-refractivity contribution is -0.655. The van der Waals surface area contributed by atoms with Crippen molar-refractivity contribution in [1.29, 1.82) is 0 Å². The number of anilines is 1. The number of aliphatic carboxylic acids is 1. The SMILES string of the molecule is COOSc1ccc2sc(/C=C3C=C(/C=C/C=C4\Sc5ccc(S(C)(=O)=O)cc5N4CCCCS(=O)(=O)O)CC(C)C/3)[n+](CC(=O)NC(=O)CC(=O)O)c2c1. The van der Waals surface area contributed by atoms with Crippen LogP contribution in [0.3, 0.4) is 0 Å². The van der Waals surface area contributed by atoms with Gasteiger partial charge in [-0.15, -0.1) is 0 Å². The van der Waals surface area contributed by atoms with Crippen molar-refractivity contribution in [3.05, 3.63) is 81.9 Å². The Morgan fingerprint density at radius 3 is 2.58 bits per heavy atom. The van der Waals surface area contributed by atoms with Gasteiger partial charge in [0.1, 0.15) is 11.1 Å². The lowest BCUT2D eigenvalue weighted by Crippen LogP contribution is -2.45. The molecule has 2 aromatic carbocycles. The normalized spacial score (nSPS) is 17.6. The second-order valence-electron chi connectivity index (χ2n) is 13.0. The van der Waals surface area contributed by atoms with Crippen LogP contribution in [0.15, 0.2) is 91.6 Å². The summed E-state index contributed by atoms with van der Waals surface area (Å²) in [4.78, 5) is 44.4. The Morgan fingerprint density at radius 2 is 1.87 bits per heavy atom. The molecular formula is C36H40N3O11S5+. The summed E-state index contributed by atoms with van der Waals surface area (Å²) in [5.41, 5.74) is 3.50. The van der Waals surface area contributed by atoms with Crippen LogP contribution < -0.4 is 14.8 Å². The Labute approximate surface area is 331 Å². The average Bonchev–Trinajstić information content (AvgIpc) is 3.60. The van der Waals surface area contributed by atoms with Crippen molar-refractivity contribution in [3.8, 4) is 0 Å². The Balaban J connectivity index is 1.43. The summed E-state index contributed by atoms with van der Waals surface area (Å²) in [7, 11) is -6.18.